The van der Waals surface area contributed by atoms with E-state index in [-0.39, 0.29) is 12.1 Å². The molecule has 0 radical (unpaired) electrons. The fourth-order valence-corrected chi connectivity index (χ4v) is 1.84. The second-order valence-corrected chi connectivity index (χ2v) is 4.63. The number of nitrogens with one attached hydrogen (secondary N) is 1. The number of aryl methyl sites for hydroxylation is 1. The molecule has 0 bridgehead atoms. The molecule has 1 heterocycles. The maximum absolute atomic E-state index is 12.6. The van der Waals surface area contributed by atoms with Crippen molar-refractivity contribution in [1.29, 1.82) is 0 Å². The highest BCUT2D eigenvalue weighted by Crippen LogP contribution is 2.30. The molecule has 0 aliphatic heterocycles. The third kappa shape index (κ3) is 4.30. The van der Waals surface area contributed by atoms with Crippen LogP contribution in [0, 0.1) is 6.92 Å². The highest BCUT2D eigenvalue weighted by atomic mass is 19.4. The van der Waals surface area contributed by atoms with Gasteiger partial charge in [-0.25, -0.2) is 4.98 Å². The number of rotatable bonds is 5. The van der Waals surface area contributed by atoms with Crippen LogP contribution < -0.4 is 5.32 Å². The van der Waals surface area contributed by atoms with Crippen molar-refractivity contribution in [1.82, 2.24) is 10.3 Å². The summed E-state index contributed by atoms with van der Waals surface area (Å²) in [5.41, 5.74) is -0.566. The molecule has 1 unspecified atom stereocenters. The van der Waals surface area contributed by atoms with Gasteiger partial charge in [0.25, 0.3) is 0 Å². The van der Waals surface area contributed by atoms with Crippen molar-refractivity contribution in [3.05, 3.63) is 53.2 Å². The minimum Gasteiger partial charge on any atom is -0.445 e. The molecule has 0 fully saturated rings. The number of aliphatic hydroxyl groups is 1. The van der Waals surface area contributed by atoms with E-state index in [2.05, 4.69) is 10.3 Å². The lowest BCUT2D eigenvalue weighted by atomic mass is 10.1. The Hall–Kier alpha value is -1.86. The first-order chi connectivity index (χ1) is 9.86. The zero-order chi connectivity index (χ0) is 15.5. The van der Waals surface area contributed by atoms with Gasteiger partial charge in [0.05, 0.1) is 24.4 Å². The van der Waals surface area contributed by atoms with Crippen LogP contribution in [0.5, 0.6) is 0 Å². The van der Waals surface area contributed by atoms with Crippen molar-refractivity contribution in [2.45, 2.75) is 25.7 Å². The van der Waals surface area contributed by atoms with Crippen LogP contribution in [0.1, 0.15) is 28.9 Å². The number of hydrogen-bond donors (Lipinski definition) is 2. The molecule has 1 aromatic carbocycles. The first-order valence-corrected chi connectivity index (χ1v) is 6.33. The van der Waals surface area contributed by atoms with Gasteiger partial charge in [-0.05, 0) is 24.6 Å². The van der Waals surface area contributed by atoms with Crippen molar-refractivity contribution in [3.8, 4) is 0 Å². The number of aliphatic hydroxyl groups excluding tert-OH is 1. The lowest BCUT2D eigenvalue weighted by Gasteiger charge is -2.14. The minimum atomic E-state index is -4.42. The molecular weight excluding hydrogens is 285 g/mol. The fourth-order valence-electron chi connectivity index (χ4n) is 1.84. The van der Waals surface area contributed by atoms with Crippen molar-refractivity contribution >= 4 is 0 Å². The van der Waals surface area contributed by atoms with Gasteiger partial charge in [-0.2, -0.15) is 13.2 Å². The Morgan fingerprint density at radius 1 is 1.38 bits per heavy atom. The zero-order valence-electron chi connectivity index (χ0n) is 11.3. The molecule has 114 valence electrons. The average molecular weight is 300 g/mol. The Kier molecular flexibility index (Phi) is 4.64. The topological polar surface area (TPSA) is 58.3 Å². The summed E-state index contributed by atoms with van der Waals surface area (Å²) in [5.74, 6) is 1.13. The molecule has 4 nitrogen and oxygen atoms in total. The van der Waals surface area contributed by atoms with E-state index in [1.54, 1.807) is 13.1 Å². The summed E-state index contributed by atoms with van der Waals surface area (Å²) in [5, 5.41) is 12.8. The highest BCUT2D eigenvalue weighted by Gasteiger charge is 2.30. The second-order valence-electron chi connectivity index (χ2n) is 4.63. The predicted octanol–water partition coefficient (Wildman–Crippen LogP) is 2.83. The maximum atomic E-state index is 12.6. The van der Waals surface area contributed by atoms with Gasteiger partial charge < -0.3 is 14.8 Å². The van der Waals surface area contributed by atoms with Gasteiger partial charge >= 0.3 is 6.18 Å². The zero-order valence-corrected chi connectivity index (χ0v) is 11.3. The van der Waals surface area contributed by atoms with Crippen LogP contribution in [0.25, 0.3) is 0 Å². The number of benzene rings is 1. The molecule has 1 atom stereocenters. The first kappa shape index (κ1) is 15.5. The molecule has 2 aromatic rings. The van der Waals surface area contributed by atoms with Gasteiger partial charge in [-0.1, -0.05) is 12.1 Å². The van der Waals surface area contributed by atoms with Gasteiger partial charge in [0, 0.05) is 6.54 Å². The Bertz CT molecular complexity index is 596. The summed E-state index contributed by atoms with van der Waals surface area (Å²) in [6.45, 7) is 2.15. The molecular formula is C14H15F3N2O2. The summed E-state index contributed by atoms with van der Waals surface area (Å²) in [7, 11) is 0. The van der Waals surface area contributed by atoms with E-state index in [4.69, 9.17) is 4.42 Å². The molecule has 0 amide bonds. The molecule has 2 rings (SSSR count). The molecule has 21 heavy (non-hydrogen) atoms. The van der Waals surface area contributed by atoms with E-state index in [1.165, 1.54) is 12.1 Å². The molecule has 2 N–H and O–H groups in total. The smallest absolute Gasteiger partial charge is 0.416 e. The Morgan fingerprint density at radius 2 is 2.14 bits per heavy atom. The number of aromatic nitrogens is 1. The number of nitrogens with zero attached hydrogens (tertiary/aromatic N) is 1. The maximum Gasteiger partial charge on any atom is 0.416 e. The largest absolute Gasteiger partial charge is 0.445 e. The Morgan fingerprint density at radius 3 is 2.76 bits per heavy atom. The van der Waals surface area contributed by atoms with Gasteiger partial charge in [0.1, 0.15) is 5.76 Å². The molecule has 0 aliphatic rings. The van der Waals surface area contributed by atoms with Crippen molar-refractivity contribution in [2.24, 2.45) is 0 Å². The first-order valence-electron chi connectivity index (χ1n) is 6.33. The van der Waals surface area contributed by atoms with E-state index in [9.17, 15) is 18.3 Å². The SMILES string of the molecule is Cc1cnc(CNCC(O)c2cccc(C(F)(F)F)c2)o1. The van der Waals surface area contributed by atoms with Crippen LogP contribution >= 0.6 is 0 Å². The van der Waals surface area contributed by atoms with E-state index < -0.39 is 17.8 Å². The lowest BCUT2D eigenvalue weighted by molar-refractivity contribution is -0.137. The Labute approximate surface area is 119 Å². The van der Waals surface area contributed by atoms with Crippen LogP contribution in [0.4, 0.5) is 13.2 Å². The van der Waals surface area contributed by atoms with Gasteiger partial charge in [-0.15, -0.1) is 0 Å². The number of halogens is 3. The molecule has 7 heteroatoms. The average Bonchev–Trinajstić information content (AvgIpc) is 2.83. The Balaban J connectivity index is 1.92. The summed E-state index contributed by atoms with van der Waals surface area (Å²) in [4.78, 5) is 3.97. The van der Waals surface area contributed by atoms with E-state index in [1.807, 2.05) is 0 Å². The highest BCUT2D eigenvalue weighted by molar-refractivity contribution is 5.27. The van der Waals surface area contributed by atoms with E-state index in [0.717, 1.165) is 12.1 Å². The summed E-state index contributed by atoms with van der Waals surface area (Å²) in [6.07, 6.45) is -3.89. The number of hydrogen-bond acceptors (Lipinski definition) is 4. The number of oxazole rings is 1. The van der Waals surface area contributed by atoms with E-state index in [0.29, 0.717) is 18.2 Å². The summed E-state index contributed by atoms with van der Waals surface area (Å²) in [6, 6.07) is 4.65. The van der Waals surface area contributed by atoms with Crippen LogP contribution in [0.2, 0.25) is 0 Å². The van der Waals surface area contributed by atoms with Crippen LogP contribution in [-0.4, -0.2) is 16.6 Å². The van der Waals surface area contributed by atoms with Crippen molar-refractivity contribution in [2.75, 3.05) is 6.54 Å². The van der Waals surface area contributed by atoms with Gasteiger partial charge in [0.2, 0.25) is 5.89 Å². The van der Waals surface area contributed by atoms with Gasteiger partial charge in [-0.3, -0.25) is 0 Å². The minimum absolute atomic E-state index is 0.0999. The lowest BCUT2D eigenvalue weighted by Crippen LogP contribution is -2.21. The quantitative estimate of drug-likeness (QED) is 0.891. The third-order valence-corrected chi connectivity index (χ3v) is 2.88. The monoisotopic (exact) mass is 300 g/mol. The summed E-state index contributed by atoms with van der Waals surface area (Å²) >= 11 is 0. The molecule has 0 saturated heterocycles. The van der Waals surface area contributed by atoms with Gasteiger partial charge in [0.15, 0.2) is 0 Å². The summed E-state index contributed by atoms with van der Waals surface area (Å²) < 4.78 is 43.0. The van der Waals surface area contributed by atoms with Crippen molar-refractivity contribution < 1.29 is 22.7 Å². The fraction of sp³-hybridized carbons (Fsp3) is 0.357. The van der Waals surface area contributed by atoms with Crippen LogP contribution in [-0.2, 0) is 12.7 Å². The second kappa shape index (κ2) is 6.28. The van der Waals surface area contributed by atoms with Crippen LogP contribution in [0.15, 0.2) is 34.9 Å². The molecule has 0 spiro atoms. The predicted molar refractivity (Wildman–Crippen MR) is 69.4 cm³/mol. The normalized spacial score (nSPS) is 13.4. The molecule has 0 saturated carbocycles. The van der Waals surface area contributed by atoms with Crippen LogP contribution in [0.3, 0.4) is 0 Å². The third-order valence-electron chi connectivity index (χ3n) is 2.88. The van der Waals surface area contributed by atoms with E-state index >= 15 is 0 Å². The standard InChI is InChI=1S/C14H15F3N2O2/c1-9-6-19-13(21-9)8-18-7-12(20)10-3-2-4-11(5-10)14(15,16)17/h2-6,12,18,20H,7-8H2,1H3. The number of alkyl halides is 3. The van der Waals surface area contributed by atoms with Crippen molar-refractivity contribution in [3.63, 3.8) is 0 Å². The molecule has 1 aromatic heterocycles. The molecule has 0 aliphatic carbocycles.